The summed E-state index contributed by atoms with van der Waals surface area (Å²) < 4.78 is 7.68. The molecule has 6 aromatic carbocycles. The third-order valence-electron chi connectivity index (χ3n) is 19.3. The lowest BCUT2D eigenvalue weighted by atomic mass is 9.33. The van der Waals surface area contributed by atoms with E-state index in [2.05, 4.69) is 213 Å². The van der Waals surface area contributed by atoms with Crippen molar-refractivity contribution in [2.75, 3.05) is 9.71 Å². The van der Waals surface area contributed by atoms with E-state index in [-0.39, 0.29) is 29.0 Å². The van der Waals surface area contributed by atoms with E-state index in [4.69, 9.17) is 4.74 Å². The molecule has 0 saturated carbocycles. The van der Waals surface area contributed by atoms with Crippen LogP contribution in [0.1, 0.15) is 141 Å². The van der Waals surface area contributed by atoms with E-state index >= 15 is 0 Å². The summed E-state index contributed by atoms with van der Waals surface area (Å²) in [7, 11) is 0. The average molecular weight is 901 g/mol. The second-order valence-corrected chi connectivity index (χ2v) is 24.5. The number of rotatable bonds is 4. The molecule has 14 rings (SSSR count). The second-order valence-electron chi connectivity index (χ2n) is 24.5. The number of allylic oxidation sites excluding steroid dienone is 2. The number of benzene rings is 6. The summed E-state index contributed by atoms with van der Waals surface area (Å²) in [5.74, 6) is 1.16. The minimum Gasteiger partial charge on any atom is -0.478 e. The van der Waals surface area contributed by atoms with Gasteiger partial charge in [-0.15, -0.1) is 0 Å². The van der Waals surface area contributed by atoms with E-state index < -0.39 is 16.6 Å². The lowest BCUT2D eigenvalue weighted by molar-refractivity contribution is 0.185. The van der Waals surface area contributed by atoms with Crippen LogP contribution in [0.15, 0.2) is 144 Å². The molecule has 69 heavy (non-hydrogen) atoms. The zero-order valence-electron chi connectivity index (χ0n) is 42.6. The Labute approximate surface area is 411 Å². The van der Waals surface area contributed by atoms with Gasteiger partial charge in [0.25, 0.3) is 0 Å². The summed E-state index contributed by atoms with van der Waals surface area (Å²) in [6.45, 7) is 27.2. The SMILES string of the molecule is CCCCc1ccc2c(c1)C1(C)C=CC(C)C3=C1C1(C)C(=C4c5ccccc5OC43C)B3c4c(cc5c(c4N21)C(C)(C)c1ccccc1-5)-c1cc2c(cc1N3c1ccccc1)C(C)(C)CCC2(C)C. The van der Waals surface area contributed by atoms with E-state index in [1.54, 1.807) is 0 Å². The number of hydrogen-bond donors (Lipinski definition) is 0. The number of para-hydroxylation sites is 2. The normalized spacial score (nSPS) is 26.8. The molecule has 6 aromatic rings. The highest BCUT2D eigenvalue weighted by molar-refractivity contribution is 6.89. The molecule has 4 heteroatoms. The zero-order chi connectivity index (χ0) is 47.5. The van der Waals surface area contributed by atoms with Crippen LogP contribution in [0.25, 0.3) is 27.8 Å². The number of fused-ring (bicyclic) bond motifs is 16. The van der Waals surface area contributed by atoms with Crippen molar-refractivity contribution in [2.24, 2.45) is 5.92 Å². The fourth-order valence-corrected chi connectivity index (χ4v) is 16.0. The molecule has 0 aromatic heterocycles. The Hall–Kier alpha value is -6.00. The van der Waals surface area contributed by atoms with E-state index in [9.17, 15) is 0 Å². The van der Waals surface area contributed by atoms with E-state index in [1.165, 1.54) is 131 Å². The Morgan fingerprint density at radius 1 is 0.652 bits per heavy atom. The van der Waals surface area contributed by atoms with Crippen molar-refractivity contribution in [3.05, 3.63) is 183 Å². The van der Waals surface area contributed by atoms with Gasteiger partial charge in [-0.2, -0.15) is 0 Å². The van der Waals surface area contributed by atoms with Crippen molar-refractivity contribution in [3.8, 4) is 28.0 Å². The minimum absolute atomic E-state index is 0.0304. The maximum atomic E-state index is 7.68. The van der Waals surface area contributed by atoms with Crippen molar-refractivity contribution < 1.29 is 4.74 Å². The summed E-state index contributed by atoms with van der Waals surface area (Å²) in [5.41, 5.74) is 26.0. The minimum atomic E-state index is -0.698. The van der Waals surface area contributed by atoms with Crippen LogP contribution in [-0.4, -0.2) is 18.0 Å². The number of unbranched alkanes of at least 4 members (excludes halogenated alkanes) is 1. The topological polar surface area (TPSA) is 15.7 Å². The predicted octanol–water partition coefficient (Wildman–Crippen LogP) is 15.5. The summed E-state index contributed by atoms with van der Waals surface area (Å²) in [4.78, 5) is 5.76. The van der Waals surface area contributed by atoms with Crippen molar-refractivity contribution in [1.29, 1.82) is 0 Å². The maximum absolute atomic E-state index is 7.68. The van der Waals surface area contributed by atoms with Crippen molar-refractivity contribution in [3.63, 3.8) is 0 Å². The molecule has 4 aliphatic carbocycles. The van der Waals surface area contributed by atoms with Gasteiger partial charge < -0.3 is 14.4 Å². The summed E-state index contributed by atoms with van der Waals surface area (Å²) in [5, 5.41) is 0. The molecular formula is C65H65BN2O. The van der Waals surface area contributed by atoms with Crippen LogP contribution < -0.4 is 19.9 Å². The first kappa shape index (κ1) is 41.9. The number of ether oxygens (including phenoxy) is 1. The molecule has 344 valence electrons. The molecule has 4 unspecified atom stereocenters. The molecule has 0 N–H and O–H groups in total. The number of nitrogens with zero attached hydrogens (tertiary/aromatic N) is 2. The highest BCUT2D eigenvalue weighted by Gasteiger charge is 2.69. The van der Waals surface area contributed by atoms with Crippen LogP contribution in [-0.2, 0) is 28.1 Å². The summed E-state index contributed by atoms with van der Waals surface area (Å²) in [6.07, 6.45) is 10.9. The fraction of sp³-hybridized carbons (Fsp3) is 0.354. The number of hydrogen-bond acceptors (Lipinski definition) is 3. The first-order chi connectivity index (χ1) is 33.0. The predicted molar refractivity (Wildman–Crippen MR) is 289 cm³/mol. The van der Waals surface area contributed by atoms with Gasteiger partial charge in [0.15, 0.2) is 5.60 Å². The molecule has 0 fully saturated rings. The molecule has 0 amide bonds. The lowest BCUT2D eigenvalue weighted by Gasteiger charge is -2.66. The van der Waals surface area contributed by atoms with E-state index in [0.29, 0.717) is 0 Å². The van der Waals surface area contributed by atoms with Crippen LogP contribution in [0.2, 0.25) is 0 Å². The quantitative estimate of drug-likeness (QED) is 0.130. The van der Waals surface area contributed by atoms with Gasteiger partial charge in [0, 0.05) is 50.3 Å². The molecule has 0 spiro atoms. The lowest BCUT2D eigenvalue weighted by Crippen LogP contribution is -2.72. The molecule has 4 atom stereocenters. The van der Waals surface area contributed by atoms with Gasteiger partial charge in [-0.1, -0.05) is 147 Å². The van der Waals surface area contributed by atoms with Crippen molar-refractivity contribution in [1.82, 2.24) is 0 Å². The Bertz CT molecular complexity index is 3420. The van der Waals surface area contributed by atoms with Crippen molar-refractivity contribution in [2.45, 2.75) is 141 Å². The fourth-order valence-electron chi connectivity index (χ4n) is 16.0. The molecule has 3 nitrogen and oxygen atoms in total. The van der Waals surface area contributed by atoms with Crippen LogP contribution in [0, 0.1) is 5.92 Å². The van der Waals surface area contributed by atoms with Gasteiger partial charge in [-0.3, -0.25) is 0 Å². The number of anilines is 4. The standard InChI is InChI=1S/C65H65BN2O/c1-12-13-21-39-28-29-50-49(34-39)63(9)31-30-38(2)53-58(63)64(10)59(55-42-25-18-20-27-52(42)69-65(53,55)11)66-56-45(35-44-41-24-17-19-26-46(41)62(7,8)54(44)57(56)67(50)64)43-36-47-48(61(5,6)33-32-60(47,3)4)37-51(43)68(66)40-22-15-14-16-23-40/h14-20,22-31,34-38H,12-13,21,32-33H2,1-11H3. The molecule has 4 heterocycles. The highest BCUT2D eigenvalue weighted by Crippen LogP contribution is 2.71. The van der Waals surface area contributed by atoms with Gasteiger partial charge in [-0.25, -0.2) is 0 Å². The van der Waals surface area contributed by atoms with E-state index in [0.717, 1.165) is 18.6 Å². The first-order valence-electron chi connectivity index (χ1n) is 26.2. The molecule has 0 saturated heterocycles. The average Bonchev–Trinajstić information content (AvgIpc) is 3.77. The Morgan fingerprint density at radius 3 is 2.10 bits per heavy atom. The van der Waals surface area contributed by atoms with Gasteiger partial charge >= 0.3 is 6.85 Å². The molecule has 0 radical (unpaired) electrons. The molecule has 4 aliphatic heterocycles. The highest BCUT2D eigenvalue weighted by atomic mass is 16.5. The van der Waals surface area contributed by atoms with Gasteiger partial charge in [0.2, 0.25) is 0 Å². The van der Waals surface area contributed by atoms with Crippen molar-refractivity contribution >= 4 is 40.6 Å². The van der Waals surface area contributed by atoms with Gasteiger partial charge in [-0.05, 0) is 178 Å². The maximum Gasteiger partial charge on any atom is 0.329 e. The zero-order valence-corrected chi connectivity index (χ0v) is 42.6. The van der Waals surface area contributed by atoms with Crippen LogP contribution in [0.5, 0.6) is 5.75 Å². The molecular weight excluding hydrogens is 836 g/mol. The van der Waals surface area contributed by atoms with Gasteiger partial charge in [0.05, 0.1) is 5.54 Å². The smallest absolute Gasteiger partial charge is 0.329 e. The largest absolute Gasteiger partial charge is 0.478 e. The summed E-state index contributed by atoms with van der Waals surface area (Å²) in [6, 6.07) is 45.5. The Kier molecular flexibility index (Phi) is 8.05. The molecule has 0 bridgehead atoms. The molecule has 8 aliphatic rings. The Morgan fingerprint density at radius 2 is 1.35 bits per heavy atom. The summed E-state index contributed by atoms with van der Waals surface area (Å²) >= 11 is 0. The van der Waals surface area contributed by atoms with E-state index in [1.807, 2.05) is 0 Å². The van der Waals surface area contributed by atoms with Gasteiger partial charge in [0.1, 0.15) is 5.75 Å². The monoisotopic (exact) mass is 901 g/mol. The third-order valence-corrected chi connectivity index (χ3v) is 19.3. The third kappa shape index (κ3) is 4.92. The number of aryl methyl sites for hydroxylation is 1. The second kappa shape index (κ2) is 13.2. The Balaban J connectivity index is 1.24. The van der Waals surface area contributed by atoms with Crippen LogP contribution >= 0.6 is 0 Å². The first-order valence-corrected chi connectivity index (χ1v) is 26.2. The van der Waals surface area contributed by atoms with Crippen LogP contribution in [0.3, 0.4) is 0 Å². The van der Waals surface area contributed by atoms with Crippen LogP contribution in [0.4, 0.5) is 22.7 Å².